The highest BCUT2D eigenvalue weighted by Crippen LogP contribution is 2.14. The van der Waals surface area contributed by atoms with Gasteiger partial charge in [-0.15, -0.1) is 0 Å². The normalized spacial score (nSPS) is 10.2. The van der Waals surface area contributed by atoms with E-state index in [9.17, 15) is 4.79 Å². The lowest BCUT2D eigenvalue weighted by Gasteiger charge is -2.06. The Morgan fingerprint density at radius 2 is 2.26 bits per heavy atom. The molecule has 19 heavy (non-hydrogen) atoms. The Labute approximate surface area is 115 Å². The third-order valence-electron chi connectivity index (χ3n) is 2.43. The molecule has 100 valence electrons. The van der Waals surface area contributed by atoms with Gasteiger partial charge in [-0.05, 0) is 25.1 Å². The lowest BCUT2D eigenvalue weighted by atomic mass is 10.3. The second-order valence-corrected chi connectivity index (χ2v) is 4.51. The topological polar surface area (TPSA) is 67.2 Å². The molecule has 2 aromatic rings. The van der Waals surface area contributed by atoms with Crippen molar-refractivity contribution in [2.24, 2.45) is 0 Å². The average molecular weight is 280 g/mol. The first-order chi connectivity index (χ1) is 9.13. The molecule has 0 aliphatic rings. The lowest BCUT2D eigenvalue weighted by Crippen LogP contribution is -2.30. The minimum Gasteiger partial charge on any atom is -0.361 e. The zero-order valence-electron chi connectivity index (χ0n) is 10.4. The van der Waals surface area contributed by atoms with Gasteiger partial charge in [0.2, 0.25) is 0 Å². The number of carbonyl (C=O) groups is 1. The number of aryl methyl sites for hydroxylation is 1. The van der Waals surface area contributed by atoms with Crippen molar-refractivity contribution in [2.75, 3.05) is 11.9 Å². The van der Waals surface area contributed by atoms with Gasteiger partial charge < -0.3 is 15.2 Å². The van der Waals surface area contributed by atoms with Crippen molar-refractivity contribution in [1.82, 2.24) is 10.5 Å². The number of benzene rings is 1. The van der Waals surface area contributed by atoms with Crippen molar-refractivity contribution < 1.29 is 9.32 Å². The van der Waals surface area contributed by atoms with Crippen LogP contribution in [0.4, 0.5) is 10.5 Å². The van der Waals surface area contributed by atoms with Crippen LogP contribution in [0, 0.1) is 6.92 Å². The van der Waals surface area contributed by atoms with E-state index in [1.54, 1.807) is 24.3 Å². The third-order valence-corrected chi connectivity index (χ3v) is 2.66. The average Bonchev–Trinajstić information content (AvgIpc) is 2.75. The molecule has 2 N–H and O–H groups in total. The highest BCUT2D eigenvalue weighted by atomic mass is 35.5. The summed E-state index contributed by atoms with van der Waals surface area (Å²) in [6.45, 7) is 2.31. The van der Waals surface area contributed by atoms with Crippen LogP contribution in [0.5, 0.6) is 0 Å². The molecule has 2 amide bonds. The molecule has 5 nitrogen and oxygen atoms in total. The number of nitrogens with zero attached hydrogens (tertiary/aromatic N) is 1. The first-order valence-corrected chi connectivity index (χ1v) is 6.24. The van der Waals surface area contributed by atoms with Gasteiger partial charge in [-0.2, -0.15) is 0 Å². The summed E-state index contributed by atoms with van der Waals surface area (Å²) in [6.07, 6.45) is 0.625. The van der Waals surface area contributed by atoms with Gasteiger partial charge in [0.05, 0.1) is 5.69 Å². The van der Waals surface area contributed by atoms with Crippen molar-refractivity contribution in [3.05, 3.63) is 46.8 Å². The van der Waals surface area contributed by atoms with E-state index in [0.29, 0.717) is 23.7 Å². The number of nitrogens with one attached hydrogen (secondary N) is 2. The molecular weight excluding hydrogens is 266 g/mol. The van der Waals surface area contributed by atoms with Crippen LogP contribution >= 0.6 is 11.6 Å². The van der Waals surface area contributed by atoms with Gasteiger partial charge in [0.15, 0.2) is 0 Å². The smallest absolute Gasteiger partial charge is 0.319 e. The van der Waals surface area contributed by atoms with E-state index in [2.05, 4.69) is 15.8 Å². The molecule has 0 spiro atoms. The number of urea groups is 1. The van der Waals surface area contributed by atoms with Crippen molar-refractivity contribution >= 4 is 23.3 Å². The van der Waals surface area contributed by atoms with Crippen LogP contribution < -0.4 is 10.6 Å². The number of amides is 2. The summed E-state index contributed by atoms with van der Waals surface area (Å²) in [5.41, 5.74) is 1.47. The maximum atomic E-state index is 11.6. The van der Waals surface area contributed by atoms with E-state index < -0.39 is 0 Å². The Morgan fingerprint density at radius 3 is 2.95 bits per heavy atom. The molecule has 0 saturated heterocycles. The van der Waals surface area contributed by atoms with Gasteiger partial charge in [-0.25, -0.2) is 4.79 Å². The highest BCUT2D eigenvalue weighted by molar-refractivity contribution is 6.30. The standard InChI is InChI=1S/C13H14ClN3O2/c1-9-7-12(17-19-9)5-6-15-13(18)16-11-4-2-3-10(14)8-11/h2-4,7-8H,5-6H2,1H3,(H2,15,16,18). The highest BCUT2D eigenvalue weighted by Gasteiger charge is 2.03. The van der Waals surface area contributed by atoms with E-state index >= 15 is 0 Å². The van der Waals surface area contributed by atoms with Crippen molar-refractivity contribution in [3.63, 3.8) is 0 Å². The summed E-state index contributed by atoms with van der Waals surface area (Å²) in [5, 5.41) is 9.85. The summed E-state index contributed by atoms with van der Waals surface area (Å²) in [7, 11) is 0. The summed E-state index contributed by atoms with van der Waals surface area (Å²) in [5.74, 6) is 0.762. The summed E-state index contributed by atoms with van der Waals surface area (Å²) >= 11 is 5.82. The molecule has 0 aliphatic carbocycles. The van der Waals surface area contributed by atoms with E-state index in [1.165, 1.54) is 0 Å². The fourth-order valence-corrected chi connectivity index (χ4v) is 1.77. The van der Waals surface area contributed by atoms with E-state index in [1.807, 2.05) is 13.0 Å². The monoisotopic (exact) mass is 279 g/mol. The summed E-state index contributed by atoms with van der Waals surface area (Å²) in [6, 6.07) is 8.54. The minimum atomic E-state index is -0.275. The fraction of sp³-hybridized carbons (Fsp3) is 0.231. The Hall–Kier alpha value is -2.01. The van der Waals surface area contributed by atoms with Crippen molar-refractivity contribution in [3.8, 4) is 0 Å². The van der Waals surface area contributed by atoms with Crippen LogP contribution in [0.3, 0.4) is 0 Å². The van der Waals surface area contributed by atoms with Crippen molar-refractivity contribution in [1.29, 1.82) is 0 Å². The number of anilines is 1. The zero-order chi connectivity index (χ0) is 13.7. The minimum absolute atomic E-state index is 0.275. The van der Waals surface area contributed by atoms with Gasteiger partial charge in [0.25, 0.3) is 0 Å². The predicted octanol–water partition coefficient (Wildman–Crippen LogP) is 3.00. The number of rotatable bonds is 4. The molecule has 0 atom stereocenters. The van der Waals surface area contributed by atoms with Crippen molar-refractivity contribution in [2.45, 2.75) is 13.3 Å². The Bertz CT molecular complexity index is 569. The van der Waals surface area contributed by atoms with Gasteiger partial charge in [-0.3, -0.25) is 0 Å². The molecular formula is C13H14ClN3O2. The largest absolute Gasteiger partial charge is 0.361 e. The van der Waals surface area contributed by atoms with Gasteiger partial charge in [0.1, 0.15) is 5.76 Å². The third kappa shape index (κ3) is 4.30. The maximum Gasteiger partial charge on any atom is 0.319 e. The second kappa shape index (κ2) is 6.24. The number of carbonyl (C=O) groups excluding carboxylic acids is 1. The molecule has 1 aromatic heterocycles. The van der Waals surface area contributed by atoms with Gasteiger partial charge >= 0.3 is 6.03 Å². The van der Waals surface area contributed by atoms with Gasteiger partial charge in [-0.1, -0.05) is 22.8 Å². The van der Waals surface area contributed by atoms with Crippen LogP contribution in [0.25, 0.3) is 0 Å². The molecule has 0 fully saturated rings. The Morgan fingerprint density at radius 1 is 1.42 bits per heavy atom. The number of halogens is 1. The predicted molar refractivity (Wildman–Crippen MR) is 73.4 cm³/mol. The number of hydrogen-bond acceptors (Lipinski definition) is 3. The van der Waals surface area contributed by atoms with E-state index in [-0.39, 0.29) is 6.03 Å². The lowest BCUT2D eigenvalue weighted by molar-refractivity contribution is 0.252. The molecule has 1 heterocycles. The Balaban J connectivity index is 1.76. The first kappa shape index (κ1) is 13.4. The molecule has 0 unspecified atom stereocenters. The zero-order valence-corrected chi connectivity index (χ0v) is 11.2. The number of hydrogen-bond donors (Lipinski definition) is 2. The van der Waals surface area contributed by atoms with Crippen LogP contribution in [-0.2, 0) is 6.42 Å². The molecule has 0 bridgehead atoms. The Kier molecular flexibility index (Phi) is 4.41. The summed E-state index contributed by atoms with van der Waals surface area (Å²) < 4.78 is 4.94. The molecule has 0 radical (unpaired) electrons. The molecule has 0 saturated carbocycles. The quantitative estimate of drug-likeness (QED) is 0.904. The first-order valence-electron chi connectivity index (χ1n) is 5.86. The maximum absolute atomic E-state index is 11.6. The van der Waals surface area contributed by atoms with Crippen LogP contribution in [-0.4, -0.2) is 17.7 Å². The molecule has 2 rings (SSSR count). The van der Waals surface area contributed by atoms with E-state index in [4.69, 9.17) is 16.1 Å². The van der Waals surface area contributed by atoms with Crippen LogP contribution in [0.1, 0.15) is 11.5 Å². The van der Waals surface area contributed by atoms with Crippen LogP contribution in [0.2, 0.25) is 5.02 Å². The molecule has 0 aliphatic heterocycles. The second-order valence-electron chi connectivity index (χ2n) is 4.07. The molecule has 6 heteroatoms. The molecule has 1 aromatic carbocycles. The fourth-order valence-electron chi connectivity index (χ4n) is 1.58. The SMILES string of the molecule is Cc1cc(CCNC(=O)Nc2cccc(Cl)c2)no1. The number of aromatic nitrogens is 1. The van der Waals surface area contributed by atoms with Crippen LogP contribution in [0.15, 0.2) is 34.9 Å². The summed E-state index contributed by atoms with van der Waals surface area (Å²) in [4.78, 5) is 11.6. The van der Waals surface area contributed by atoms with E-state index in [0.717, 1.165) is 11.5 Å². The van der Waals surface area contributed by atoms with Gasteiger partial charge in [0, 0.05) is 29.7 Å².